The molecule has 0 aromatic carbocycles. The van der Waals surface area contributed by atoms with Crippen molar-refractivity contribution in [2.45, 2.75) is 39.5 Å². The highest BCUT2D eigenvalue weighted by atomic mass is 79.9. The van der Waals surface area contributed by atoms with E-state index in [1.807, 2.05) is 6.07 Å². The number of nitrogens with zero attached hydrogens (tertiary/aromatic N) is 3. The molecule has 7 heteroatoms. The second-order valence-corrected chi connectivity index (χ2v) is 7.82. The molecule has 3 aromatic heterocycles. The van der Waals surface area contributed by atoms with Crippen LogP contribution >= 0.6 is 31.9 Å². The van der Waals surface area contributed by atoms with Crippen LogP contribution in [0.5, 0.6) is 0 Å². The zero-order valence-corrected chi connectivity index (χ0v) is 17.0. The maximum Gasteiger partial charge on any atom is 0.246 e. The molecule has 126 valence electrons. The van der Waals surface area contributed by atoms with Crippen molar-refractivity contribution in [3.8, 4) is 23.2 Å². The van der Waals surface area contributed by atoms with Gasteiger partial charge in [-0.05, 0) is 49.8 Å². The van der Waals surface area contributed by atoms with Gasteiger partial charge in [-0.15, -0.1) is 0 Å². The average Bonchev–Trinajstić information content (AvgIpc) is 3.16. The Morgan fingerprint density at radius 1 is 0.750 bits per heavy atom. The van der Waals surface area contributed by atoms with E-state index in [4.69, 9.17) is 8.83 Å². The quantitative estimate of drug-likeness (QED) is 0.472. The Bertz CT molecular complexity index is 801. The Morgan fingerprint density at radius 3 is 1.50 bits per heavy atom. The zero-order chi connectivity index (χ0) is 17.4. The van der Waals surface area contributed by atoms with Crippen LogP contribution in [-0.4, -0.2) is 15.0 Å². The van der Waals surface area contributed by atoms with Crippen LogP contribution in [0.25, 0.3) is 23.2 Å². The number of aromatic nitrogens is 3. The second-order valence-electron chi connectivity index (χ2n) is 6.11. The van der Waals surface area contributed by atoms with Gasteiger partial charge < -0.3 is 8.83 Å². The van der Waals surface area contributed by atoms with E-state index in [1.54, 1.807) is 12.5 Å². The molecule has 3 aromatic rings. The maximum absolute atomic E-state index is 5.60. The van der Waals surface area contributed by atoms with E-state index >= 15 is 0 Å². The highest BCUT2D eigenvalue weighted by Gasteiger charge is 2.20. The Labute approximate surface area is 157 Å². The van der Waals surface area contributed by atoms with Crippen LogP contribution in [0, 0.1) is 0 Å². The van der Waals surface area contributed by atoms with Crippen LogP contribution in [0.2, 0.25) is 0 Å². The predicted molar refractivity (Wildman–Crippen MR) is 98.8 cm³/mol. The Balaban J connectivity index is 2.07. The molecule has 0 saturated carbocycles. The van der Waals surface area contributed by atoms with Gasteiger partial charge in [0.1, 0.15) is 23.9 Å². The van der Waals surface area contributed by atoms with E-state index in [2.05, 4.69) is 74.5 Å². The molecular weight excluding hydrogens is 438 g/mol. The summed E-state index contributed by atoms with van der Waals surface area (Å²) in [5.74, 6) is 1.51. The molecule has 0 aliphatic heterocycles. The fourth-order valence-corrected chi connectivity index (χ4v) is 3.37. The minimum atomic E-state index is 0.288. The summed E-state index contributed by atoms with van der Waals surface area (Å²) in [7, 11) is 0. The van der Waals surface area contributed by atoms with Crippen molar-refractivity contribution in [2.75, 3.05) is 0 Å². The molecule has 0 amide bonds. The van der Waals surface area contributed by atoms with Crippen LogP contribution < -0.4 is 0 Å². The van der Waals surface area contributed by atoms with Crippen LogP contribution in [0.15, 0.2) is 36.4 Å². The number of rotatable bonds is 4. The largest absolute Gasteiger partial charge is 0.443 e. The number of oxazole rings is 2. The van der Waals surface area contributed by atoms with Crippen LogP contribution in [0.4, 0.5) is 0 Å². The van der Waals surface area contributed by atoms with Gasteiger partial charge in [0.2, 0.25) is 11.8 Å². The van der Waals surface area contributed by atoms with Crippen molar-refractivity contribution in [3.05, 3.63) is 38.9 Å². The molecule has 0 spiro atoms. The SMILES string of the molecule is CC(C)c1coc(-c2nc(-c3nc(C(C)C)co3)c(Br)cc2Br)n1. The molecular formula is C17H17Br2N3O2. The minimum absolute atomic E-state index is 0.288. The smallest absolute Gasteiger partial charge is 0.246 e. The van der Waals surface area contributed by atoms with Gasteiger partial charge in [0.05, 0.1) is 11.4 Å². The summed E-state index contributed by atoms with van der Waals surface area (Å²) in [6.07, 6.45) is 3.33. The predicted octanol–water partition coefficient (Wildman–Crippen LogP) is 6.16. The summed E-state index contributed by atoms with van der Waals surface area (Å²) in [5.41, 5.74) is 3.01. The number of pyridine rings is 1. The monoisotopic (exact) mass is 453 g/mol. The van der Waals surface area contributed by atoms with Crippen molar-refractivity contribution in [3.63, 3.8) is 0 Å². The molecule has 24 heavy (non-hydrogen) atoms. The molecule has 0 radical (unpaired) electrons. The lowest BCUT2D eigenvalue weighted by Gasteiger charge is -2.05. The molecule has 0 unspecified atom stereocenters. The van der Waals surface area contributed by atoms with E-state index < -0.39 is 0 Å². The summed E-state index contributed by atoms with van der Waals surface area (Å²) in [4.78, 5) is 13.7. The Hall–Kier alpha value is -1.47. The number of halogens is 2. The average molecular weight is 455 g/mol. The fraction of sp³-hybridized carbons (Fsp3) is 0.353. The first-order valence-corrected chi connectivity index (χ1v) is 9.23. The second kappa shape index (κ2) is 6.80. The third-order valence-electron chi connectivity index (χ3n) is 3.56. The molecule has 0 aliphatic carbocycles. The summed E-state index contributed by atoms with van der Waals surface area (Å²) in [6, 6.07) is 1.90. The van der Waals surface area contributed by atoms with Gasteiger partial charge in [0.15, 0.2) is 0 Å². The van der Waals surface area contributed by atoms with Gasteiger partial charge >= 0.3 is 0 Å². The Morgan fingerprint density at radius 2 is 1.17 bits per heavy atom. The van der Waals surface area contributed by atoms with Gasteiger partial charge in [0, 0.05) is 8.95 Å². The van der Waals surface area contributed by atoms with E-state index in [0.717, 1.165) is 20.3 Å². The van der Waals surface area contributed by atoms with E-state index in [9.17, 15) is 0 Å². The minimum Gasteiger partial charge on any atom is -0.443 e. The molecule has 3 heterocycles. The van der Waals surface area contributed by atoms with Crippen molar-refractivity contribution in [1.82, 2.24) is 15.0 Å². The number of hydrogen-bond donors (Lipinski definition) is 0. The first kappa shape index (κ1) is 17.4. The molecule has 0 saturated heterocycles. The standard InChI is InChI=1S/C17H17Br2N3O2/c1-8(2)12-6-23-16(20-12)14-10(18)5-11(19)15(22-14)17-21-13(7-24-17)9(3)4/h5-9H,1-4H3. The highest BCUT2D eigenvalue weighted by molar-refractivity contribution is 9.11. The van der Waals surface area contributed by atoms with E-state index in [1.165, 1.54) is 0 Å². The molecule has 0 fully saturated rings. The Kier molecular flexibility index (Phi) is 4.92. The van der Waals surface area contributed by atoms with Crippen molar-refractivity contribution in [1.29, 1.82) is 0 Å². The summed E-state index contributed by atoms with van der Waals surface area (Å²) < 4.78 is 12.8. The molecule has 0 bridgehead atoms. The first-order chi connectivity index (χ1) is 11.4. The van der Waals surface area contributed by atoms with Gasteiger partial charge in [0.25, 0.3) is 0 Å². The first-order valence-electron chi connectivity index (χ1n) is 7.64. The van der Waals surface area contributed by atoms with E-state index in [0.29, 0.717) is 23.2 Å². The molecule has 0 aliphatic rings. The van der Waals surface area contributed by atoms with Crippen LogP contribution in [0.3, 0.4) is 0 Å². The van der Waals surface area contributed by atoms with Gasteiger partial charge in [-0.2, -0.15) is 0 Å². The highest BCUT2D eigenvalue weighted by Crippen LogP contribution is 2.35. The van der Waals surface area contributed by atoms with Crippen LogP contribution in [0.1, 0.15) is 50.9 Å². The lowest BCUT2D eigenvalue weighted by atomic mass is 10.2. The summed E-state index contributed by atoms with van der Waals surface area (Å²) in [6.45, 7) is 8.27. The normalized spacial score (nSPS) is 11.7. The molecule has 0 N–H and O–H groups in total. The van der Waals surface area contributed by atoms with Crippen LogP contribution in [-0.2, 0) is 0 Å². The zero-order valence-electron chi connectivity index (χ0n) is 13.8. The molecule has 5 nitrogen and oxygen atoms in total. The molecule has 0 atom stereocenters. The lowest BCUT2D eigenvalue weighted by Crippen LogP contribution is -1.94. The maximum atomic E-state index is 5.60. The van der Waals surface area contributed by atoms with E-state index in [-0.39, 0.29) is 11.8 Å². The summed E-state index contributed by atoms with van der Waals surface area (Å²) in [5, 5.41) is 0. The van der Waals surface area contributed by atoms with Gasteiger partial charge in [-0.25, -0.2) is 15.0 Å². The van der Waals surface area contributed by atoms with Gasteiger partial charge in [-0.1, -0.05) is 27.7 Å². The van der Waals surface area contributed by atoms with Gasteiger partial charge in [-0.3, -0.25) is 0 Å². The number of hydrogen-bond acceptors (Lipinski definition) is 5. The third-order valence-corrected chi connectivity index (χ3v) is 4.77. The van der Waals surface area contributed by atoms with Crippen molar-refractivity contribution >= 4 is 31.9 Å². The van der Waals surface area contributed by atoms with Crippen molar-refractivity contribution < 1.29 is 8.83 Å². The summed E-state index contributed by atoms with van der Waals surface area (Å²) >= 11 is 7.04. The topological polar surface area (TPSA) is 65.0 Å². The molecule has 3 rings (SSSR count). The lowest BCUT2D eigenvalue weighted by molar-refractivity contribution is 0.564. The third kappa shape index (κ3) is 3.32. The van der Waals surface area contributed by atoms with Crippen molar-refractivity contribution in [2.24, 2.45) is 0 Å². The fourth-order valence-electron chi connectivity index (χ4n) is 2.09.